The van der Waals surface area contributed by atoms with Gasteiger partial charge in [-0.2, -0.15) is 0 Å². The third-order valence-corrected chi connectivity index (χ3v) is 3.95. The fourth-order valence-corrected chi connectivity index (χ4v) is 2.71. The van der Waals surface area contributed by atoms with Crippen molar-refractivity contribution in [3.63, 3.8) is 0 Å². The van der Waals surface area contributed by atoms with E-state index in [0.717, 1.165) is 32.0 Å². The van der Waals surface area contributed by atoms with Crippen LogP contribution in [0.15, 0.2) is 12.4 Å². The molecular weight excluding hydrogens is 264 g/mol. The minimum absolute atomic E-state index is 0.181. The lowest BCUT2D eigenvalue weighted by Gasteiger charge is -2.32. The summed E-state index contributed by atoms with van der Waals surface area (Å²) in [6, 6.07) is 1.05. The zero-order valence-electron chi connectivity index (χ0n) is 10.7. The van der Waals surface area contributed by atoms with E-state index in [1.54, 1.807) is 0 Å². The molecule has 1 aliphatic carbocycles. The summed E-state index contributed by atoms with van der Waals surface area (Å²) in [6.07, 6.45) is 7.57. The number of hydrogen-bond donors (Lipinski definition) is 1. The van der Waals surface area contributed by atoms with Crippen LogP contribution in [0.4, 0.5) is 0 Å². The fraction of sp³-hybridized carbons (Fsp3) is 0.615. The summed E-state index contributed by atoms with van der Waals surface area (Å²) in [5, 5.41) is 3.26. The van der Waals surface area contributed by atoms with Gasteiger partial charge in [0, 0.05) is 25.2 Å². The summed E-state index contributed by atoms with van der Waals surface area (Å²) < 4.78 is 0. The first kappa shape index (κ1) is 12.8. The van der Waals surface area contributed by atoms with Crippen LogP contribution in [-0.2, 0) is 0 Å². The van der Waals surface area contributed by atoms with Gasteiger partial charge in [0.2, 0.25) is 0 Å². The predicted octanol–water partition coefficient (Wildman–Crippen LogP) is 1.49. The van der Waals surface area contributed by atoms with Gasteiger partial charge in [0.25, 0.3) is 5.91 Å². The highest BCUT2D eigenvalue weighted by atomic mass is 35.5. The molecule has 0 aromatic carbocycles. The van der Waals surface area contributed by atoms with Crippen molar-refractivity contribution in [1.29, 1.82) is 0 Å². The molecule has 1 aliphatic heterocycles. The third kappa shape index (κ3) is 3.22. The summed E-state index contributed by atoms with van der Waals surface area (Å²) in [7, 11) is 0. The van der Waals surface area contributed by atoms with Crippen LogP contribution in [0.25, 0.3) is 0 Å². The molecule has 1 N–H and O–H groups in total. The lowest BCUT2D eigenvalue weighted by Crippen LogP contribution is -2.45. The maximum absolute atomic E-state index is 12.0. The Kier molecular flexibility index (Phi) is 3.66. The second-order valence-electron chi connectivity index (χ2n) is 5.24. The van der Waals surface area contributed by atoms with Crippen molar-refractivity contribution in [2.45, 2.75) is 37.8 Å². The van der Waals surface area contributed by atoms with E-state index in [-0.39, 0.29) is 22.8 Å². The Morgan fingerprint density at radius 2 is 2.00 bits per heavy atom. The van der Waals surface area contributed by atoms with Crippen LogP contribution in [0.1, 0.15) is 36.2 Å². The van der Waals surface area contributed by atoms with Crippen LogP contribution >= 0.6 is 11.6 Å². The van der Waals surface area contributed by atoms with Crippen LogP contribution in [0.2, 0.25) is 5.15 Å². The average Bonchev–Trinajstić information content (AvgIpc) is 3.24. The first-order chi connectivity index (χ1) is 9.22. The van der Waals surface area contributed by atoms with Crippen molar-refractivity contribution >= 4 is 17.5 Å². The van der Waals surface area contributed by atoms with Gasteiger partial charge in [-0.3, -0.25) is 9.78 Å². The Hall–Kier alpha value is -1.20. The van der Waals surface area contributed by atoms with Crippen molar-refractivity contribution in [2.75, 3.05) is 13.1 Å². The van der Waals surface area contributed by atoms with Gasteiger partial charge in [-0.25, -0.2) is 4.98 Å². The van der Waals surface area contributed by atoms with E-state index in [1.165, 1.54) is 25.2 Å². The van der Waals surface area contributed by atoms with E-state index in [4.69, 9.17) is 11.6 Å². The quantitative estimate of drug-likeness (QED) is 0.911. The summed E-state index contributed by atoms with van der Waals surface area (Å²) in [5.41, 5.74) is 0.289. The van der Waals surface area contributed by atoms with E-state index in [0.29, 0.717) is 0 Å². The number of amides is 1. The van der Waals surface area contributed by atoms with E-state index in [2.05, 4.69) is 20.2 Å². The lowest BCUT2D eigenvalue weighted by atomic mass is 10.0. The molecule has 1 aromatic rings. The van der Waals surface area contributed by atoms with E-state index < -0.39 is 0 Å². The molecule has 6 heteroatoms. The monoisotopic (exact) mass is 280 g/mol. The molecule has 1 saturated heterocycles. The zero-order valence-corrected chi connectivity index (χ0v) is 11.4. The number of halogens is 1. The van der Waals surface area contributed by atoms with Crippen LogP contribution < -0.4 is 5.32 Å². The number of rotatable bonds is 3. The molecule has 0 unspecified atom stereocenters. The second-order valence-corrected chi connectivity index (χ2v) is 5.63. The number of carbonyl (C=O) groups excluding carboxylic acids is 1. The summed E-state index contributed by atoms with van der Waals surface area (Å²) in [4.78, 5) is 22.4. The molecule has 2 fully saturated rings. The van der Waals surface area contributed by atoms with Gasteiger partial charge in [-0.1, -0.05) is 11.6 Å². The molecule has 0 atom stereocenters. The molecule has 5 nitrogen and oxygen atoms in total. The van der Waals surface area contributed by atoms with E-state index in [1.807, 2.05) is 0 Å². The highest BCUT2D eigenvalue weighted by Gasteiger charge is 2.32. The first-order valence-corrected chi connectivity index (χ1v) is 7.12. The predicted molar refractivity (Wildman–Crippen MR) is 72.1 cm³/mol. The maximum atomic E-state index is 12.0. The van der Waals surface area contributed by atoms with Crippen LogP contribution in [0.3, 0.4) is 0 Å². The second kappa shape index (κ2) is 5.43. The molecule has 1 amide bonds. The molecule has 0 bridgehead atoms. The first-order valence-electron chi connectivity index (χ1n) is 6.75. The highest BCUT2D eigenvalue weighted by Crippen LogP contribution is 2.29. The largest absolute Gasteiger partial charge is 0.348 e. The van der Waals surface area contributed by atoms with Crippen LogP contribution in [-0.4, -0.2) is 45.9 Å². The number of nitrogens with zero attached hydrogens (tertiary/aromatic N) is 3. The molecule has 1 aromatic heterocycles. The van der Waals surface area contributed by atoms with Gasteiger partial charge >= 0.3 is 0 Å². The number of likely N-dealkylation sites (tertiary alicyclic amines) is 1. The van der Waals surface area contributed by atoms with Gasteiger partial charge in [-0.05, 0) is 25.7 Å². The third-order valence-electron chi connectivity index (χ3n) is 3.77. The number of aromatic nitrogens is 2. The lowest BCUT2D eigenvalue weighted by molar-refractivity contribution is 0.0903. The standard InChI is InChI=1S/C13H17ClN4O/c14-12-8-15-7-11(17-12)13(19)16-9-3-5-18(6-4-9)10-1-2-10/h7-10H,1-6H2,(H,16,19). The molecule has 0 radical (unpaired) electrons. The number of carbonyl (C=O) groups is 1. The molecule has 102 valence electrons. The molecule has 1 saturated carbocycles. The molecule has 2 aliphatic rings. The van der Waals surface area contributed by atoms with Gasteiger partial charge < -0.3 is 10.2 Å². The summed E-state index contributed by atoms with van der Waals surface area (Å²) >= 11 is 5.73. The zero-order chi connectivity index (χ0) is 13.2. The van der Waals surface area contributed by atoms with Crippen molar-refractivity contribution < 1.29 is 4.79 Å². The summed E-state index contributed by atoms with van der Waals surface area (Å²) in [6.45, 7) is 2.16. The summed E-state index contributed by atoms with van der Waals surface area (Å²) in [5.74, 6) is -0.181. The average molecular weight is 281 g/mol. The number of nitrogens with one attached hydrogen (secondary N) is 1. The topological polar surface area (TPSA) is 58.1 Å². The fourth-order valence-electron chi connectivity index (χ4n) is 2.56. The van der Waals surface area contributed by atoms with Gasteiger partial charge in [0.15, 0.2) is 0 Å². The van der Waals surface area contributed by atoms with E-state index in [9.17, 15) is 4.79 Å². The minimum atomic E-state index is -0.181. The Morgan fingerprint density at radius 3 is 2.63 bits per heavy atom. The molecule has 19 heavy (non-hydrogen) atoms. The highest BCUT2D eigenvalue weighted by molar-refractivity contribution is 6.29. The smallest absolute Gasteiger partial charge is 0.271 e. The van der Waals surface area contributed by atoms with Crippen molar-refractivity contribution in [3.8, 4) is 0 Å². The Morgan fingerprint density at radius 1 is 1.26 bits per heavy atom. The van der Waals surface area contributed by atoms with Gasteiger partial charge in [-0.15, -0.1) is 0 Å². The Labute approximate surface area is 117 Å². The Bertz CT molecular complexity index is 469. The van der Waals surface area contributed by atoms with Gasteiger partial charge in [0.05, 0.1) is 12.4 Å². The molecular formula is C13H17ClN4O. The number of hydrogen-bond acceptors (Lipinski definition) is 4. The minimum Gasteiger partial charge on any atom is -0.348 e. The molecule has 2 heterocycles. The number of piperidine rings is 1. The molecule has 3 rings (SSSR count). The van der Waals surface area contributed by atoms with Crippen LogP contribution in [0, 0.1) is 0 Å². The molecule has 0 spiro atoms. The van der Waals surface area contributed by atoms with E-state index >= 15 is 0 Å². The van der Waals surface area contributed by atoms with Gasteiger partial charge in [0.1, 0.15) is 10.8 Å². The van der Waals surface area contributed by atoms with Crippen molar-refractivity contribution in [1.82, 2.24) is 20.2 Å². The van der Waals surface area contributed by atoms with Crippen molar-refractivity contribution in [3.05, 3.63) is 23.2 Å². The maximum Gasteiger partial charge on any atom is 0.271 e. The van der Waals surface area contributed by atoms with Crippen LogP contribution in [0.5, 0.6) is 0 Å². The van der Waals surface area contributed by atoms with Crippen molar-refractivity contribution in [2.24, 2.45) is 0 Å². The Balaban J connectivity index is 1.52. The normalized spacial score (nSPS) is 21.3. The SMILES string of the molecule is O=C(NC1CCN(C2CC2)CC1)c1cncc(Cl)n1.